The van der Waals surface area contributed by atoms with Gasteiger partial charge in [0.25, 0.3) is 0 Å². The highest BCUT2D eigenvalue weighted by Gasteiger charge is 2.21. The van der Waals surface area contributed by atoms with Crippen molar-refractivity contribution in [2.45, 2.75) is 19.4 Å². The maximum Gasteiger partial charge on any atom is 0.305 e. The van der Waals surface area contributed by atoms with Gasteiger partial charge in [0.05, 0.1) is 4.92 Å². The summed E-state index contributed by atoms with van der Waals surface area (Å²) in [5, 5.41) is 10.8. The number of hydrogen-bond donors (Lipinski definition) is 0. The van der Waals surface area contributed by atoms with Crippen LogP contribution >= 0.6 is 0 Å². The van der Waals surface area contributed by atoms with Crippen LogP contribution in [0.3, 0.4) is 0 Å². The summed E-state index contributed by atoms with van der Waals surface area (Å²) in [7, 11) is 4.06. The molecule has 1 aliphatic heterocycles. The van der Waals surface area contributed by atoms with Gasteiger partial charge in [0.2, 0.25) is 5.82 Å². The van der Waals surface area contributed by atoms with E-state index in [0.717, 1.165) is 32.5 Å². The van der Waals surface area contributed by atoms with Crippen molar-refractivity contribution in [3.05, 3.63) is 39.7 Å². The number of piperidine rings is 1. The van der Waals surface area contributed by atoms with Crippen LogP contribution in [0.5, 0.6) is 0 Å². The van der Waals surface area contributed by atoms with E-state index in [9.17, 15) is 14.5 Å². The molecule has 0 bridgehead atoms. The second-order valence-electron chi connectivity index (χ2n) is 5.95. The molecule has 0 N–H and O–H groups in total. The maximum absolute atomic E-state index is 14.0. The molecule has 2 rings (SSSR count). The summed E-state index contributed by atoms with van der Waals surface area (Å²) in [6.45, 7) is 3.50. The summed E-state index contributed by atoms with van der Waals surface area (Å²) in [5.41, 5.74) is -0.0557. The molecule has 0 atom stereocenters. The van der Waals surface area contributed by atoms with Gasteiger partial charge in [-0.25, -0.2) is 0 Å². The summed E-state index contributed by atoms with van der Waals surface area (Å²) in [6.07, 6.45) is 2.30. The lowest BCUT2D eigenvalue weighted by Gasteiger charge is -2.31. The Bertz CT molecular complexity index is 502. The first-order chi connectivity index (χ1) is 9.97. The van der Waals surface area contributed by atoms with Gasteiger partial charge in [-0.1, -0.05) is 12.1 Å². The van der Waals surface area contributed by atoms with Gasteiger partial charge in [-0.05, 0) is 45.9 Å². The van der Waals surface area contributed by atoms with Gasteiger partial charge in [0.1, 0.15) is 0 Å². The first-order valence-electron chi connectivity index (χ1n) is 7.26. The minimum Gasteiger partial charge on any atom is -0.306 e. The quantitative estimate of drug-likeness (QED) is 0.618. The zero-order chi connectivity index (χ0) is 15.4. The molecule has 1 aliphatic rings. The number of benzene rings is 1. The number of nitro benzene ring substituents is 1. The van der Waals surface area contributed by atoms with Crippen LogP contribution < -0.4 is 0 Å². The SMILES string of the molecule is CN1CCC(CN(C)Cc2cccc([N+](=O)[O-])c2F)CC1. The van der Waals surface area contributed by atoms with Crippen LogP contribution in [-0.2, 0) is 6.54 Å². The Hall–Kier alpha value is -1.53. The molecule has 1 fully saturated rings. The molecule has 0 saturated carbocycles. The Morgan fingerprint density at radius 2 is 2.10 bits per heavy atom. The zero-order valence-corrected chi connectivity index (χ0v) is 12.6. The lowest BCUT2D eigenvalue weighted by molar-refractivity contribution is -0.387. The summed E-state index contributed by atoms with van der Waals surface area (Å²) in [5.74, 6) is -0.0920. The number of nitrogens with zero attached hydrogens (tertiary/aromatic N) is 3. The number of likely N-dealkylation sites (tertiary alicyclic amines) is 1. The van der Waals surface area contributed by atoms with E-state index in [1.54, 1.807) is 12.1 Å². The predicted molar refractivity (Wildman–Crippen MR) is 79.6 cm³/mol. The summed E-state index contributed by atoms with van der Waals surface area (Å²) in [4.78, 5) is 14.5. The number of nitro groups is 1. The van der Waals surface area contributed by atoms with E-state index < -0.39 is 16.4 Å². The highest BCUT2D eigenvalue weighted by atomic mass is 19.1. The van der Waals surface area contributed by atoms with Crippen molar-refractivity contribution in [1.82, 2.24) is 9.80 Å². The fraction of sp³-hybridized carbons (Fsp3) is 0.600. The van der Waals surface area contributed by atoms with Crippen molar-refractivity contribution in [3.8, 4) is 0 Å². The summed E-state index contributed by atoms with van der Waals surface area (Å²) < 4.78 is 14.0. The molecule has 21 heavy (non-hydrogen) atoms. The predicted octanol–water partition coefficient (Wildman–Crippen LogP) is 2.51. The molecule has 116 valence electrons. The van der Waals surface area contributed by atoms with E-state index in [2.05, 4.69) is 16.8 Å². The molecule has 1 saturated heterocycles. The Labute approximate surface area is 124 Å². The van der Waals surface area contributed by atoms with Crippen molar-refractivity contribution >= 4 is 5.69 Å². The van der Waals surface area contributed by atoms with E-state index >= 15 is 0 Å². The second-order valence-corrected chi connectivity index (χ2v) is 5.95. The molecule has 1 aromatic carbocycles. The second kappa shape index (κ2) is 6.95. The fourth-order valence-corrected chi connectivity index (χ4v) is 2.87. The standard InChI is InChI=1S/C15H22FN3O2/c1-17-8-6-12(7-9-17)10-18(2)11-13-4-3-5-14(15(13)16)19(20)21/h3-5,12H,6-11H2,1-2H3. The van der Waals surface area contributed by atoms with Gasteiger partial charge >= 0.3 is 5.69 Å². The van der Waals surface area contributed by atoms with Crippen molar-refractivity contribution < 1.29 is 9.31 Å². The molecule has 1 aromatic rings. The third kappa shape index (κ3) is 4.22. The van der Waals surface area contributed by atoms with E-state index in [-0.39, 0.29) is 0 Å². The Morgan fingerprint density at radius 1 is 1.43 bits per heavy atom. The van der Waals surface area contributed by atoms with Crippen molar-refractivity contribution in [1.29, 1.82) is 0 Å². The minimum absolute atomic E-state index is 0.389. The number of rotatable bonds is 5. The summed E-state index contributed by atoms with van der Waals surface area (Å²) in [6, 6.07) is 4.36. The van der Waals surface area contributed by atoms with Crippen molar-refractivity contribution in [3.63, 3.8) is 0 Å². The lowest BCUT2D eigenvalue weighted by Crippen LogP contribution is -2.35. The van der Waals surface area contributed by atoms with Crippen LogP contribution in [0.15, 0.2) is 18.2 Å². The number of hydrogen-bond acceptors (Lipinski definition) is 4. The van der Waals surface area contributed by atoms with E-state index in [1.165, 1.54) is 6.07 Å². The molecule has 0 radical (unpaired) electrons. The van der Waals surface area contributed by atoms with Crippen LogP contribution in [-0.4, -0.2) is 48.5 Å². The number of halogens is 1. The molecule has 0 aliphatic carbocycles. The van der Waals surface area contributed by atoms with Gasteiger partial charge in [0.15, 0.2) is 0 Å². The minimum atomic E-state index is -0.710. The van der Waals surface area contributed by atoms with E-state index in [1.807, 2.05) is 7.05 Å². The molecule has 5 nitrogen and oxygen atoms in total. The average Bonchev–Trinajstić information content (AvgIpc) is 2.43. The first-order valence-corrected chi connectivity index (χ1v) is 7.26. The molecular formula is C15H22FN3O2. The third-order valence-corrected chi connectivity index (χ3v) is 4.10. The maximum atomic E-state index is 14.0. The fourth-order valence-electron chi connectivity index (χ4n) is 2.87. The highest BCUT2D eigenvalue weighted by molar-refractivity contribution is 5.36. The Morgan fingerprint density at radius 3 is 2.71 bits per heavy atom. The van der Waals surface area contributed by atoms with Crippen molar-refractivity contribution in [2.24, 2.45) is 5.92 Å². The first kappa shape index (κ1) is 15.9. The van der Waals surface area contributed by atoms with E-state index in [0.29, 0.717) is 18.0 Å². The van der Waals surface area contributed by atoms with Crippen LogP contribution in [0.4, 0.5) is 10.1 Å². The van der Waals surface area contributed by atoms with Gasteiger partial charge in [-0.3, -0.25) is 10.1 Å². The molecule has 0 amide bonds. The lowest BCUT2D eigenvalue weighted by atomic mass is 9.96. The molecule has 0 aromatic heterocycles. The topological polar surface area (TPSA) is 49.6 Å². The van der Waals surface area contributed by atoms with Crippen LogP contribution in [0.25, 0.3) is 0 Å². The summed E-state index contributed by atoms with van der Waals surface area (Å²) >= 11 is 0. The molecule has 0 unspecified atom stereocenters. The smallest absolute Gasteiger partial charge is 0.305 e. The average molecular weight is 295 g/mol. The third-order valence-electron chi connectivity index (χ3n) is 4.10. The van der Waals surface area contributed by atoms with Gasteiger partial charge in [-0.2, -0.15) is 4.39 Å². The largest absolute Gasteiger partial charge is 0.306 e. The van der Waals surface area contributed by atoms with Crippen LogP contribution in [0.1, 0.15) is 18.4 Å². The highest BCUT2D eigenvalue weighted by Crippen LogP contribution is 2.22. The molecule has 6 heteroatoms. The van der Waals surface area contributed by atoms with Gasteiger partial charge in [0, 0.05) is 24.7 Å². The molecule has 0 spiro atoms. The Kier molecular flexibility index (Phi) is 5.25. The van der Waals surface area contributed by atoms with Crippen LogP contribution in [0, 0.1) is 21.8 Å². The van der Waals surface area contributed by atoms with E-state index in [4.69, 9.17) is 0 Å². The van der Waals surface area contributed by atoms with Crippen molar-refractivity contribution in [2.75, 3.05) is 33.7 Å². The zero-order valence-electron chi connectivity index (χ0n) is 12.6. The van der Waals surface area contributed by atoms with Gasteiger partial charge < -0.3 is 9.80 Å². The van der Waals surface area contributed by atoms with Gasteiger partial charge in [-0.15, -0.1) is 0 Å². The molecular weight excluding hydrogens is 273 g/mol. The Balaban J connectivity index is 1.95. The van der Waals surface area contributed by atoms with Crippen LogP contribution in [0.2, 0.25) is 0 Å². The monoisotopic (exact) mass is 295 g/mol. The molecule has 1 heterocycles. The normalized spacial score (nSPS) is 17.3.